The zero-order valence-electron chi connectivity index (χ0n) is 12.2. The van der Waals surface area contributed by atoms with Crippen molar-refractivity contribution in [1.82, 2.24) is 9.88 Å². The Morgan fingerprint density at radius 1 is 1.39 bits per heavy atom. The van der Waals surface area contributed by atoms with E-state index in [2.05, 4.69) is 9.72 Å². The lowest BCUT2D eigenvalue weighted by molar-refractivity contribution is -0.138. The molecule has 0 fully saturated rings. The van der Waals surface area contributed by atoms with Crippen molar-refractivity contribution in [2.24, 2.45) is 0 Å². The molecule has 23 heavy (non-hydrogen) atoms. The van der Waals surface area contributed by atoms with Crippen LogP contribution in [-0.4, -0.2) is 45.5 Å². The third-order valence-corrected chi connectivity index (χ3v) is 4.53. The molecule has 0 aliphatic heterocycles. The molecule has 0 N–H and O–H groups in total. The number of hydrogen-bond acceptors (Lipinski definition) is 6. The summed E-state index contributed by atoms with van der Waals surface area (Å²) in [6.45, 7) is 0. The lowest BCUT2D eigenvalue weighted by Gasteiger charge is -2.13. The van der Waals surface area contributed by atoms with Gasteiger partial charge >= 0.3 is 12.1 Å². The first-order valence-corrected chi connectivity index (χ1v) is 7.71. The van der Waals surface area contributed by atoms with Gasteiger partial charge in [0.15, 0.2) is 9.93 Å². The number of sulfone groups is 1. The number of halogens is 4. The Morgan fingerprint density at radius 2 is 1.96 bits per heavy atom. The Kier molecular flexibility index (Phi) is 5.65. The predicted octanol–water partition coefficient (Wildman–Crippen LogP) is 2.10. The highest BCUT2D eigenvalue weighted by molar-refractivity contribution is 7.96. The van der Waals surface area contributed by atoms with E-state index in [1.807, 2.05) is 0 Å². The van der Waals surface area contributed by atoms with Gasteiger partial charge in [-0.3, -0.25) is 0 Å². The van der Waals surface area contributed by atoms with Gasteiger partial charge in [-0.15, -0.1) is 0 Å². The van der Waals surface area contributed by atoms with Crippen molar-refractivity contribution in [3.8, 4) is 0 Å². The maximum atomic E-state index is 12.6. The van der Waals surface area contributed by atoms with E-state index in [-0.39, 0.29) is 0 Å². The molecule has 0 saturated carbocycles. The highest BCUT2D eigenvalue weighted by Crippen LogP contribution is 2.33. The Morgan fingerprint density at radius 3 is 2.35 bits per heavy atom. The predicted molar refractivity (Wildman–Crippen MR) is 75.2 cm³/mol. The zero-order chi connectivity index (χ0) is 18.0. The van der Waals surface area contributed by atoms with Crippen molar-refractivity contribution >= 4 is 27.4 Å². The fourth-order valence-corrected chi connectivity index (χ4v) is 3.29. The topological polar surface area (TPSA) is 76.6 Å². The molecule has 1 aromatic rings. The van der Waals surface area contributed by atoms with Crippen molar-refractivity contribution in [1.29, 1.82) is 0 Å². The van der Waals surface area contributed by atoms with E-state index in [4.69, 9.17) is 11.6 Å². The van der Waals surface area contributed by atoms with Crippen LogP contribution in [0, 0.1) is 0 Å². The molecule has 1 aromatic heterocycles. The summed E-state index contributed by atoms with van der Waals surface area (Å²) in [7, 11) is -0.715. The lowest BCUT2D eigenvalue weighted by Crippen LogP contribution is -2.20. The van der Waals surface area contributed by atoms with Gasteiger partial charge in [0.05, 0.1) is 17.7 Å². The number of pyridine rings is 1. The molecule has 0 amide bonds. The van der Waals surface area contributed by atoms with Crippen LogP contribution in [0.25, 0.3) is 0 Å². The molecule has 0 radical (unpaired) electrons. The second kappa shape index (κ2) is 6.75. The summed E-state index contributed by atoms with van der Waals surface area (Å²) in [6, 6.07) is 0.423. The third-order valence-electron chi connectivity index (χ3n) is 2.44. The molecule has 6 nitrogen and oxygen atoms in total. The van der Waals surface area contributed by atoms with Crippen molar-refractivity contribution in [2.75, 3.05) is 21.2 Å². The first kappa shape index (κ1) is 19.2. The van der Waals surface area contributed by atoms with Gasteiger partial charge in [0, 0.05) is 26.5 Å². The van der Waals surface area contributed by atoms with Gasteiger partial charge in [-0.05, 0) is 6.07 Å². The molecule has 0 atom stereocenters. The lowest BCUT2D eigenvalue weighted by atomic mass is 10.3. The molecule has 128 valence electrons. The number of methoxy groups -OCH3 is 1. The van der Waals surface area contributed by atoms with Gasteiger partial charge in [0.2, 0.25) is 9.84 Å². The molecular formula is C12H12ClF3N2O4S. The van der Waals surface area contributed by atoms with E-state index in [0.717, 1.165) is 13.3 Å². The Hall–Kier alpha value is -1.81. The first-order chi connectivity index (χ1) is 10.4. The van der Waals surface area contributed by atoms with Crippen LogP contribution in [0.3, 0.4) is 0 Å². The molecule has 0 aromatic carbocycles. The summed E-state index contributed by atoms with van der Waals surface area (Å²) in [4.78, 5) is 15.4. The molecule has 11 heteroatoms. The SMILES string of the molecule is COC(=O)/C(=C\N(C)C)S(=O)(=O)c1ncc(C(F)(F)F)cc1Cl. The zero-order valence-corrected chi connectivity index (χ0v) is 13.8. The van der Waals surface area contributed by atoms with Crippen LogP contribution in [-0.2, 0) is 25.5 Å². The van der Waals surface area contributed by atoms with Crippen molar-refractivity contribution in [3.05, 3.63) is 34.0 Å². The number of rotatable bonds is 4. The van der Waals surface area contributed by atoms with Gasteiger partial charge in [0.25, 0.3) is 0 Å². The standard InChI is InChI=1S/C12H12ClF3N2O4S/c1-18(2)6-9(11(19)22-3)23(20,21)10-8(13)4-7(5-17-10)12(14,15)16/h4-6H,1-3H3/b9-6+. The van der Waals surface area contributed by atoms with E-state index < -0.39 is 42.5 Å². The number of carbonyl (C=O) groups is 1. The quantitative estimate of drug-likeness (QED) is 0.595. The highest BCUT2D eigenvalue weighted by atomic mass is 35.5. The summed E-state index contributed by atoms with van der Waals surface area (Å²) in [6.07, 6.45) is -3.47. The van der Waals surface area contributed by atoms with Crippen LogP contribution >= 0.6 is 11.6 Å². The number of hydrogen-bond donors (Lipinski definition) is 0. The maximum Gasteiger partial charge on any atom is 0.417 e. The highest BCUT2D eigenvalue weighted by Gasteiger charge is 2.35. The van der Waals surface area contributed by atoms with Crippen LogP contribution < -0.4 is 0 Å². The minimum absolute atomic E-state index is 0.323. The molecule has 1 rings (SSSR count). The van der Waals surface area contributed by atoms with E-state index in [1.165, 1.54) is 19.0 Å². The van der Waals surface area contributed by atoms with Crippen LogP contribution in [0.1, 0.15) is 5.56 Å². The summed E-state index contributed by atoms with van der Waals surface area (Å²) < 4.78 is 66.9. The normalized spacial score (nSPS) is 12.9. The second-order valence-electron chi connectivity index (χ2n) is 4.46. The van der Waals surface area contributed by atoms with Gasteiger partial charge < -0.3 is 9.64 Å². The third kappa shape index (κ3) is 4.35. The van der Waals surface area contributed by atoms with E-state index in [9.17, 15) is 26.4 Å². The fourth-order valence-electron chi connectivity index (χ4n) is 1.45. The number of nitrogens with zero attached hydrogens (tertiary/aromatic N) is 2. The number of ether oxygens (including phenoxy) is 1. The van der Waals surface area contributed by atoms with E-state index in [0.29, 0.717) is 12.3 Å². The monoisotopic (exact) mass is 372 g/mol. The molecule has 0 saturated heterocycles. The minimum atomic E-state index is -4.73. The average Bonchev–Trinajstić information content (AvgIpc) is 2.42. The second-order valence-corrected chi connectivity index (χ2v) is 6.70. The van der Waals surface area contributed by atoms with Crippen molar-refractivity contribution in [3.63, 3.8) is 0 Å². The number of aromatic nitrogens is 1. The summed E-state index contributed by atoms with van der Waals surface area (Å²) in [5.41, 5.74) is -1.21. The summed E-state index contributed by atoms with van der Waals surface area (Å²) in [5.74, 6) is -1.20. The molecule has 1 heterocycles. The number of alkyl halides is 3. The molecule has 0 unspecified atom stereocenters. The largest absolute Gasteiger partial charge is 0.465 e. The van der Waals surface area contributed by atoms with E-state index in [1.54, 1.807) is 0 Å². The minimum Gasteiger partial charge on any atom is -0.465 e. The average molecular weight is 373 g/mol. The molecule has 0 bridgehead atoms. The Bertz CT molecular complexity index is 745. The summed E-state index contributed by atoms with van der Waals surface area (Å²) in [5, 5.41) is -1.63. The van der Waals surface area contributed by atoms with Crippen molar-refractivity contribution in [2.45, 2.75) is 11.2 Å². The van der Waals surface area contributed by atoms with Gasteiger partial charge in [-0.1, -0.05) is 11.6 Å². The molecule has 0 aliphatic carbocycles. The maximum absolute atomic E-state index is 12.6. The first-order valence-electron chi connectivity index (χ1n) is 5.85. The van der Waals surface area contributed by atoms with E-state index >= 15 is 0 Å². The number of esters is 1. The fraction of sp³-hybridized carbons (Fsp3) is 0.333. The smallest absolute Gasteiger partial charge is 0.417 e. The molecular weight excluding hydrogens is 361 g/mol. The van der Waals surface area contributed by atoms with Gasteiger partial charge in [0.1, 0.15) is 0 Å². The van der Waals surface area contributed by atoms with Crippen LogP contribution in [0.2, 0.25) is 5.02 Å². The number of carbonyl (C=O) groups excluding carboxylic acids is 1. The van der Waals surface area contributed by atoms with Gasteiger partial charge in [-0.2, -0.15) is 13.2 Å². The van der Waals surface area contributed by atoms with Crippen molar-refractivity contribution < 1.29 is 31.1 Å². The van der Waals surface area contributed by atoms with Crippen LogP contribution in [0.5, 0.6) is 0 Å². The summed E-state index contributed by atoms with van der Waals surface area (Å²) >= 11 is 5.61. The molecule has 0 aliphatic rings. The Labute approximate surface area is 135 Å². The van der Waals surface area contributed by atoms with Crippen LogP contribution in [0.15, 0.2) is 28.4 Å². The van der Waals surface area contributed by atoms with Gasteiger partial charge in [-0.25, -0.2) is 18.2 Å². The van der Waals surface area contributed by atoms with Crippen LogP contribution in [0.4, 0.5) is 13.2 Å². The Balaban J connectivity index is 3.51. The molecule has 0 spiro atoms.